The smallest absolute Gasteiger partial charge is 0.363 e. The van der Waals surface area contributed by atoms with Crippen LogP contribution in [0, 0.1) is 5.82 Å². The maximum absolute atomic E-state index is 13.2. The average Bonchev–Trinajstić information content (AvgIpc) is 2.83. The Morgan fingerprint density at radius 2 is 1.95 bits per heavy atom. The van der Waals surface area contributed by atoms with Crippen molar-refractivity contribution in [1.29, 1.82) is 0 Å². The number of hydrogen-bond acceptors (Lipinski definition) is 3. The Morgan fingerprint density at radius 3 is 2.71 bits per heavy atom. The van der Waals surface area contributed by atoms with Gasteiger partial charge in [0.15, 0.2) is 5.70 Å². The summed E-state index contributed by atoms with van der Waals surface area (Å²) in [5.41, 5.74) is 1.20. The van der Waals surface area contributed by atoms with E-state index in [1.165, 1.54) is 24.3 Å². The first-order valence-corrected chi connectivity index (χ1v) is 6.54. The molecule has 0 aliphatic carbocycles. The number of benzene rings is 2. The second kappa shape index (κ2) is 5.50. The summed E-state index contributed by atoms with van der Waals surface area (Å²) in [5.74, 6) is -0.929. The molecule has 2 aromatic carbocycles. The monoisotopic (exact) mass is 301 g/mol. The van der Waals surface area contributed by atoms with Crippen LogP contribution in [0.1, 0.15) is 11.1 Å². The number of nitrogens with zero attached hydrogens (tertiary/aromatic N) is 1. The molecule has 0 N–H and O–H groups in total. The van der Waals surface area contributed by atoms with Gasteiger partial charge in [-0.15, -0.1) is 0 Å². The fourth-order valence-corrected chi connectivity index (χ4v) is 2.08. The summed E-state index contributed by atoms with van der Waals surface area (Å²) >= 11 is 6.03. The predicted octanol–water partition coefficient (Wildman–Crippen LogP) is 3.82. The van der Waals surface area contributed by atoms with Crippen LogP contribution in [-0.2, 0) is 9.53 Å². The lowest BCUT2D eigenvalue weighted by molar-refractivity contribution is -0.129. The lowest BCUT2D eigenvalue weighted by atomic mass is 10.2. The summed E-state index contributed by atoms with van der Waals surface area (Å²) in [6, 6.07) is 12.8. The van der Waals surface area contributed by atoms with Crippen molar-refractivity contribution in [3.63, 3.8) is 0 Å². The Balaban J connectivity index is 1.98. The van der Waals surface area contributed by atoms with E-state index in [0.717, 1.165) is 0 Å². The Morgan fingerprint density at radius 1 is 1.14 bits per heavy atom. The largest absolute Gasteiger partial charge is 0.402 e. The molecule has 0 atom stereocenters. The van der Waals surface area contributed by atoms with Gasteiger partial charge in [0, 0.05) is 10.6 Å². The van der Waals surface area contributed by atoms with Crippen molar-refractivity contribution in [3.05, 3.63) is 76.2 Å². The minimum atomic E-state index is -0.589. The van der Waals surface area contributed by atoms with Gasteiger partial charge in [0.1, 0.15) is 5.82 Å². The van der Waals surface area contributed by atoms with Crippen molar-refractivity contribution >= 4 is 29.5 Å². The van der Waals surface area contributed by atoms with E-state index in [0.29, 0.717) is 16.1 Å². The van der Waals surface area contributed by atoms with Crippen LogP contribution in [0.2, 0.25) is 5.02 Å². The van der Waals surface area contributed by atoms with E-state index in [9.17, 15) is 9.18 Å². The van der Waals surface area contributed by atoms with E-state index >= 15 is 0 Å². The Bertz CT molecular complexity index is 783. The minimum Gasteiger partial charge on any atom is -0.402 e. The summed E-state index contributed by atoms with van der Waals surface area (Å²) in [7, 11) is 0. The molecule has 2 aromatic rings. The number of ether oxygens (including phenoxy) is 1. The first-order valence-electron chi connectivity index (χ1n) is 6.16. The van der Waals surface area contributed by atoms with Gasteiger partial charge in [-0.25, -0.2) is 14.2 Å². The van der Waals surface area contributed by atoms with Crippen molar-refractivity contribution in [2.45, 2.75) is 0 Å². The van der Waals surface area contributed by atoms with Crippen molar-refractivity contribution in [2.75, 3.05) is 0 Å². The molecule has 0 fully saturated rings. The molecule has 0 bridgehead atoms. The first kappa shape index (κ1) is 13.5. The number of aliphatic imine (C=N–C) groups is 1. The van der Waals surface area contributed by atoms with E-state index in [4.69, 9.17) is 16.3 Å². The van der Waals surface area contributed by atoms with Gasteiger partial charge in [0.2, 0.25) is 5.90 Å². The molecule has 0 amide bonds. The van der Waals surface area contributed by atoms with Gasteiger partial charge in [0.05, 0.1) is 0 Å². The minimum absolute atomic E-state index is 0.0813. The summed E-state index contributed by atoms with van der Waals surface area (Å²) in [6.45, 7) is 0. The van der Waals surface area contributed by atoms with Crippen LogP contribution >= 0.6 is 11.6 Å². The second-order valence-corrected chi connectivity index (χ2v) is 4.78. The zero-order chi connectivity index (χ0) is 14.8. The number of halogens is 2. The maximum atomic E-state index is 13.2. The summed E-state index contributed by atoms with van der Waals surface area (Å²) in [5, 5.41) is 0.507. The van der Waals surface area contributed by atoms with Gasteiger partial charge in [-0.2, -0.15) is 0 Å². The fraction of sp³-hybridized carbons (Fsp3) is 0. The van der Waals surface area contributed by atoms with Gasteiger partial charge in [-0.1, -0.05) is 35.9 Å². The number of hydrogen-bond donors (Lipinski definition) is 0. The standard InChI is InChI=1S/C16H9ClFNO2/c17-13-7-2-1-4-10(13)9-14-16(20)21-15(19-14)11-5-3-6-12(18)8-11/h1-9H/b14-9-. The molecule has 1 aliphatic heterocycles. The highest BCUT2D eigenvalue weighted by Crippen LogP contribution is 2.23. The lowest BCUT2D eigenvalue weighted by Crippen LogP contribution is -2.05. The van der Waals surface area contributed by atoms with Crippen LogP contribution in [0.4, 0.5) is 4.39 Å². The first-order chi connectivity index (χ1) is 10.1. The summed E-state index contributed by atoms with van der Waals surface area (Å²) in [4.78, 5) is 15.9. The van der Waals surface area contributed by atoms with Crippen LogP contribution in [0.15, 0.2) is 59.2 Å². The Kier molecular flexibility index (Phi) is 3.54. The number of rotatable bonds is 2. The van der Waals surface area contributed by atoms with E-state index in [-0.39, 0.29) is 11.6 Å². The van der Waals surface area contributed by atoms with Gasteiger partial charge >= 0.3 is 5.97 Å². The molecule has 0 radical (unpaired) electrons. The number of cyclic esters (lactones) is 1. The predicted molar refractivity (Wildman–Crippen MR) is 78.5 cm³/mol. The molecule has 1 aliphatic rings. The van der Waals surface area contributed by atoms with Gasteiger partial charge < -0.3 is 4.74 Å². The third-order valence-electron chi connectivity index (χ3n) is 2.89. The SMILES string of the molecule is O=C1OC(c2cccc(F)c2)=N/C1=C\c1ccccc1Cl. The molecule has 5 heteroatoms. The van der Waals surface area contributed by atoms with E-state index in [1.807, 2.05) is 0 Å². The number of esters is 1. The molecular weight excluding hydrogens is 293 g/mol. The molecule has 0 saturated carbocycles. The zero-order valence-electron chi connectivity index (χ0n) is 10.7. The molecule has 3 rings (SSSR count). The molecule has 0 unspecified atom stereocenters. The van der Waals surface area contributed by atoms with Gasteiger partial charge in [0.25, 0.3) is 0 Å². The Labute approximate surface area is 125 Å². The normalized spacial score (nSPS) is 16.0. The molecule has 0 aromatic heterocycles. The molecule has 0 spiro atoms. The molecule has 104 valence electrons. The summed E-state index contributed by atoms with van der Waals surface area (Å²) in [6.07, 6.45) is 1.54. The van der Waals surface area contributed by atoms with Gasteiger partial charge in [-0.3, -0.25) is 0 Å². The topological polar surface area (TPSA) is 38.7 Å². The van der Waals surface area contributed by atoms with Crippen molar-refractivity contribution < 1.29 is 13.9 Å². The molecule has 3 nitrogen and oxygen atoms in total. The van der Waals surface area contributed by atoms with Gasteiger partial charge in [-0.05, 0) is 35.9 Å². The molecular formula is C16H9ClFNO2. The van der Waals surface area contributed by atoms with E-state index in [2.05, 4.69) is 4.99 Å². The lowest BCUT2D eigenvalue weighted by Gasteiger charge is -1.98. The molecule has 1 heterocycles. The third-order valence-corrected chi connectivity index (χ3v) is 3.23. The second-order valence-electron chi connectivity index (χ2n) is 4.37. The average molecular weight is 302 g/mol. The van der Waals surface area contributed by atoms with Crippen LogP contribution in [0.5, 0.6) is 0 Å². The van der Waals surface area contributed by atoms with Crippen molar-refractivity contribution in [1.82, 2.24) is 0 Å². The zero-order valence-corrected chi connectivity index (χ0v) is 11.5. The van der Waals surface area contributed by atoms with E-state index in [1.54, 1.807) is 30.3 Å². The summed E-state index contributed by atoms with van der Waals surface area (Å²) < 4.78 is 18.2. The quantitative estimate of drug-likeness (QED) is 0.625. The van der Waals surface area contributed by atoms with Crippen LogP contribution in [0.25, 0.3) is 6.08 Å². The fourth-order valence-electron chi connectivity index (χ4n) is 1.89. The number of carbonyl (C=O) groups excluding carboxylic acids is 1. The van der Waals surface area contributed by atoms with Crippen molar-refractivity contribution in [2.24, 2.45) is 4.99 Å². The highest BCUT2D eigenvalue weighted by Gasteiger charge is 2.24. The molecule has 0 saturated heterocycles. The maximum Gasteiger partial charge on any atom is 0.363 e. The Hall–Kier alpha value is -2.46. The number of carbonyl (C=O) groups is 1. The van der Waals surface area contributed by atoms with Crippen LogP contribution in [0.3, 0.4) is 0 Å². The third kappa shape index (κ3) is 2.85. The van der Waals surface area contributed by atoms with Crippen molar-refractivity contribution in [3.8, 4) is 0 Å². The molecule has 21 heavy (non-hydrogen) atoms. The van der Waals surface area contributed by atoms with E-state index < -0.39 is 11.8 Å². The van der Waals surface area contributed by atoms with Crippen LogP contribution < -0.4 is 0 Å². The highest BCUT2D eigenvalue weighted by molar-refractivity contribution is 6.32. The highest BCUT2D eigenvalue weighted by atomic mass is 35.5. The van der Waals surface area contributed by atoms with Crippen LogP contribution in [-0.4, -0.2) is 11.9 Å².